The van der Waals surface area contributed by atoms with Crippen molar-refractivity contribution >= 4 is 5.82 Å². The maximum Gasteiger partial charge on any atom is 0.150 e. The number of anilines is 1. The fourth-order valence-electron chi connectivity index (χ4n) is 1.40. The molecule has 1 aromatic carbocycles. The van der Waals surface area contributed by atoms with Crippen LogP contribution in [0.3, 0.4) is 0 Å². The number of nitrogens with zero attached hydrogens (tertiary/aromatic N) is 2. The fraction of sp³-hybridized carbons (Fsp3) is 0.100. The van der Waals surface area contributed by atoms with Crippen LogP contribution in [0.2, 0.25) is 0 Å². The number of benzene rings is 1. The van der Waals surface area contributed by atoms with E-state index in [0.29, 0.717) is 11.3 Å². The standard InChI is InChI=1S/C10H11FN4/c1-6-2-3-8(11)7(4-6)9-10(12)15(13)5-14-9/h2-5H,12-13H2,1H3. The summed E-state index contributed by atoms with van der Waals surface area (Å²) < 4.78 is 14.7. The van der Waals surface area contributed by atoms with Crippen molar-refractivity contribution in [2.45, 2.75) is 6.92 Å². The van der Waals surface area contributed by atoms with Crippen molar-refractivity contribution < 1.29 is 4.39 Å². The first-order valence-electron chi connectivity index (χ1n) is 4.44. The Hall–Kier alpha value is -2.04. The molecule has 0 aliphatic rings. The molecule has 4 N–H and O–H groups in total. The van der Waals surface area contributed by atoms with Gasteiger partial charge in [0.15, 0.2) is 5.82 Å². The molecule has 0 aliphatic carbocycles. The van der Waals surface area contributed by atoms with Crippen molar-refractivity contribution in [3.05, 3.63) is 35.9 Å². The zero-order chi connectivity index (χ0) is 11.0. The topological polar surface area (TPSA) is 69.9 Å². The number of nitrogen functional groups attached to an aromatic ring is 2. The van der Waals surface area contributed by atoms with E-state index in [-0.39, 0.29) is 11.6 Å². The number of halogens is 1. The second-order valence-corrected chi connectivity index (χ2v) is 3.37. The number of hydrogen-bond donors (Lipinski definition) is 2. The molecule has 2 aromatic rings. The summed E-state index contributed by atoms with van der Waals surface area (Å²) >= 11 is 0. The van der Waals surface area contributed by atoms with Gasteiger partial charge in [0.25, 0.3) is 0 Å². The molecule has 0 bridgehead atoms. The average molecular weight is 206 g/mol. The summed E-state index contributed by atoms with van der Waals surface area (Å²) in [5.41, 5.74) is 7.35. The lowest BCUT2D eigenvalue weighted by molar-refractivity contribution is 0.630. The smallest absolute Gasteiger partial charge is 0.150 e. The first-order valence-corrected chi connectivity index (χ1v) is 4.44. The number of nitrogens with two attached hydrogens (primary N) is 2. The summed E-state index contributed by atoms with van der Waals surface area (Å²) in [5, 5.41) is 0. The average Bonchev–Trinajstić information content (AvgIpc) is 2.52. The third kappa shape index (κ3) is 1.52. The highest BCUT2D eigenvalue weighted by atomic mass is 19.1. The van der Waals surface area contributed by atoms with Gasteiger partial charge < -0.3 is 11.6 Å². The number of hydrogen-bond acceptors (Lipinski definition) is 3. The number of aromatic nitrogens is 2. The maximum atomic E-state index is 13.5. The summed E-state index contributed by atoms with van der Waals surface area (Å²) in [6, 6.07) is 4.77. The van der Waals surface area contributed by atoms with Crippen molar-refractivity contribution in [3.8, 4) is 11.3 Å². The van der Waals surface area contributed by atoms with Crippen LogP contribution in [0, 0.1) is 12.7 Å². The predicted molar refractivity (Wildman–Crippen MR) is 56.9 cm³/mol. The van der Waals surface area contributed by atoms with Gasteiger partial charge >= 0.3 is 0 Å². The van der Waals surface area contributed by atoms with Crippen molar-refractivity contribution in [3.63, 3.8) is 0 Å². The highest BCUT2D eigenvalue weighted by Crippen LogP contribution is 2.26. The molecule has 4 nitrogen and oxygen atoms in total. The van der Waals surface area contributed by atoms with Crippen LogP contribution >= 0.6 is 0 Å². The summed E-state index contributed by atoms with van der Waals surface area (Å²) in [7, 11) is 0. The normalized spacial score (nSPS) is 10.5. The van der Waals surface area contributed by atoms with Gasteiger partial charge in [-0.15, -0.1) is 0 Å². The monoisotopic (exact) mass is 206 g/mol. The Bertz CT molecular complexity index is 504. The van der Waals surface area contributed by atoms with Gasteiger partial charge in [0.1, 0.15) is 17.8 Å². The summed E-state index contributed by atoms with van der Waals surface area (Å²) in [6.45, 7) is 1.87. The summed E-state index contributed by atoms with van der Waals surface area (Å²) in [6.07, 6.45) is 1.35. The van der Waals surface area contributed by atoms with Crippen LogP contribution < -0.4 is 11.6 Å². The predicted octanol–water partition coefficient (Wildman–Crippen LogP) is 1.29. The molecular weight excluding hydrogens is 195 g/mol. The molecule has 78 valence electrons. The van der Waals surface area contributed by atoms with E-state index in [4.69, 9.17) is 11.6 Å². The van der Waals surface area contributed by atoms with Gasteiger partial charge in [0.05, 0.1) is 0 Å². The molecule has 0 unspecified atom stereocenters. The Morgan fingerprint density at radius 2 is 2.13 bits per heavy atom. The lowest BCUT2D eigenvalue weighted by Gasteiger charge is -2.03. The Morgan fingerprint density at radius 1 is 1.40 bits per heavy atom. The zero-order valence-corrected chi connectivity index (χ0v) is 8.24. The first-order chi connectivity index (χ1) is 7.09. The second-order valence-electron chi connectivity index (χ2n) is 3.37. The minimum absolute atomic E-state index is 0.250. The number of rotatable bonds is 1. The lowest BCUT2D eigenvalue weighted by Crippen LogP contribution is -2.10. The SMILES string of the molecule is Cc1ccc(F)c(-c2ncn(N)c2N)c1. The molecule has 1 heterocycles. The number of imidazole rings is 1. The van der Waals surface area contributed by atoms with E-state index in [1.54, 1.807) is 12.1 Å². The molecular formula is C10H11FN4. The van der Waals surface area contributed by atoms with Crippen LogP contribution in [0.25, 0.3) is 11.3 Å². The highest BCUT2D eigenvalue weighted by Gasteiger charge is 2.12. The van der Waals surface area contributed by atoms with Gasteiger partial charge in [-0.2, -0.15) is 0 Å². The van der Waals surface area contributed by atoms with Crippen molar-refractivity contribution in [1.29, 1.82) is 0 Å². The third-order valence-electron chi connectivity index (χ3n) is 2.21. The maximum absolute atomic E-state index is 13.5. The van der Waals surface area contributed by atoms with Crippen LogP contribution in [0.4, 0.5) is 10.2 Å². The molecule has 1 aromatic heterocycles. The van der Waals surface area contributed by atoms with Crippen molar-refractivity contribution in [1.82, 2.24) is 9.66 Å². The van der Waals surface area contributed by atoms with E-state index in [9.17, 15) is 4.39 Å². The van der Waals surface area contributed by atoms with Gasteiger partial charge in [0.2, 0.25) is 0 Å². The van der Waals surface area contributed by atoms with Crippen LogP contribution in [0.5, 0.6) is 0 Å². The Balaban J connectivity index is 2.63. The Morgan fingerprint density at radius 3 is 2.73 bits per heavy atom. The fourth-order valence-corrected chi connectivity index (χ4v) is 1.40. The van der Waals surface area contributed by atoms with E-state index in [1.165, 1.54) is 12.4 Å². The van der Waals surface area contributed by atoms with Crippen LogP contribution in [0.1, 0.15) is 5.56 Å². The molecule has 0 fully saturated rings. The molecule has 0 radical (unpaired) electrons. The van der Waals surface area contributed by atoms with Crippen molar-refractivity contribution in [2.75, 3.05) is 11.6 Å². The van der Waals surface area contributed by atoms with Gasteiger partial charge in [-0.05, 0) is 19.1 Å². The van der Waals surface area contributed by atoms with Crippen LogP contribution in [-0.2, 0) is 0 Å². The molecule has 0 spiro atoms. The number of aryl methyl sites for hydroxylation is 1. The summed E-state index contributed by atoms with van der Waals surface area (Å²) in [5.74, 6) is 5.37. The largest absolute Gasteiger partial charge is 0.382 e. The van der Waals surface area contributed by atoms with Crippen LogP contribution in [0.15, 0.2) is 24.5 Å². The third-order valence-corrected chi connectivity index (χ3v) is 2.21. The highest BCUT2D eigenvalue weighted by molar-refractivity contribution is 5.71. The van der Waals surface area contributed by atoms with Gasteiger partial charge in [0, 0.05) is 5.56 Å². The molecule has 2 rings (SSSR count). The molecule has 0 aliphatic heterocycles. The molecule has 0 saturated heterocycles. The molecule has 0 saturated carbocycles. The molecule has 0 amide bonds. The van der Waals surface area contributed by atoms with E-state index in [1.807, 2.05) is 6.92 Å². The minimum Gasteiger partial charge on any atom is -0.382 e. The zero-order valence-electron chi connectivity index (χ0n) is 8.24. The van der Waals surface area contributed by atoms with E-state index < -0.39 is 0 Å². The second kappa shape index (κ2) is 3.27. The quantitative estimate of drug-likeness (QED) is 0.691. The van der Waals surface area contributed by atoms with Gasteiger partial charge in [-0.1, -0.05) is 11.6 Å². The Labute approximate surface area is 86.3 Å². The van der Waals surface area contributed by atoms with Gasteiger partial charge in [-0.25, -0.2) is 14.1 Å². The van der Waals surface area contributed by atoms with E-state index in [0.717, 1.165) is 10.2 Å². The molecule has 15 heavy (non-hydrogen) atoms. The first kappa shape index (κ1) is 9.51. The molecule has 0 atom stereocenters. The lowest BCUT2D eigenvalue weighted by atomic mass is 10.1. The molecule has 5 heteroatoms. The van der Waals surface area contributed by atoms with E-state index in [2.05, 4.69) is 4.98 Å². The van der Waals surface area contributed by atoms with Gasteiger partial charge in [-0.3, -0.25) is 0 Å². The summed E-state index contributed by atoms with van der Waals surface area (Å²) in [4.78, 5) is 3.96. The Kier molecular flexibility index (Phi) is 2.07. The van der Waals surface area contributed by atoms with Crippen molar-refractivity contribution in [2.24, 2.45) is 0 Å². The van der Waals surface area contributed by atoms with E-state index >= 15 is 0 Å². The minimum atomic E-state index is -0.356. The van der Waals surface area contributed by atoms with Crippen LogP contribution in [-0.4, -0.2) is 9.66 Å².